The van der Waals surface area contributed by atoms with Crippen molar-refractivity contribution in [3.8, 4) is 5.95 Å². The van der Waals surface area contributed by atoms with Crippen molar-refractivity contribution in [1.82, 2.24) is 19.5 Å². The highest BCUT2D eigenvalue weighted by Crippen LogP contribution is 2.27. The maximum Gasteiger partial charge on any atom is 0.329 e. The topological polar surface area (TPSA) is 108 Å². The molecular weight excluding hydrogens is 336 g/mol. The van der Waals surface area contributed by atoms with E-state index in [0.29, 0.717) is 19.2 Å². The first-order valence-corrected chi connectivity index (χ1v) is 8.41. The van der Waals surface area contributed by atoms with E-state index in [4.69, 9.17) is 4.74 Å². The Morgan fingerprint density at radius 2 is 2.19 bits per heavy atom. The van der Waals surface area contributed by atoms with E-state index in [9.17, 15) is 10.1 Å². The number of fused-ring (bicyclic) bond motifs is 1. The molecule has 1 aromatic carbocycles. The fourth-order valence-electron chi connectivity index (χ4n) is 3.11. The van der Waals surface area contributed by atoms with Crippen LogP contribution in [0.2, 0.25) is 0 Å². The van der Waals surface area contributed by atoms with Crippen molar-refractivity contribution in [1.29, 1.82) is 0 Å². The van der Waals surface area contributed by atoms with Crippen LogP contribution in [-0.2, 0) is 4.74 Å². The molecule has 1 N–H and O–H groups in total. The van der Waals surface area contributed by atoms with Crippen molar-refractivity contribution >= 4 is 22.5 Å². The largest absolute Gasteiger partial charge is 0.381 e. The number of nitrogens with zero attached hydrogens (tertiary/aromatic N) is 5. The van der Waals surface area contributed by atoms with Crippen molar-refractivity contribution < 1.29 is 9.66 Å². The SMILES string of the molecule is CC1COCCC1Nc1nc(-n2cnc3ccccc32)ncc1[N+](=O)[O-]. The summed E-state index contributed by atoms with van der Waals surface area (Å²) >= 11 is 0. The predicted molar refractivity (Wildman–Crippen MR) is 95.3 cm³/mol. The third kappa shape index (κ3) is 2.97. The molecule has 1 aliphatic heterocycles. The van der Waals surface area contributed by atoms with Crippen LogP contribution in [-0.4, -0.2) is 43.7 Å². The number of anilines is 1. The zero-order chi connectivity index (χ0) is 18.1. The van der Waals surface area contributed by atoms with E-state index >= 15 is 0 Å². The van der Waals surface area contributed by atoms with E-state index in [0.717, 1.165) is 17.5 Å². The molecule has 0 amide bonds. The number of nitro groups is 1. The van der Waals surface area contributed by atoms with Gasteiger partial charge in [-0.3, -0.25) is 14.7 Å². The Kier molecular flexibility index (Phi) is 4.21. The molecule has 1 saturated heterocycles. The maximum absolute atomic E-state index is 11.4. The van der Waals surface area contributed by atoms with Gasteiger partial charge in [0.2, 0.25) is 11.8 Å². The van der Waals surface area contributed by atoms with Crippen molar-refractivity contribution in [2.24, 2.45) is 5.92 Å². The first-order valence-electron chi connectivity index (χ1n) is 8.41. The van der Waals surface area contributed by atoms with Gasteiger partial charge < -0.3 is 10.1 Å². The van der Waals surface area contributed by atoms with Crippen LogP contribution >= 0.6 is 0 Å². The molecule has 3 heterocycles. The number of rotatable bonds is 4. The minimum Gasteiger partial charge on any atom is -0.381 e. The monoisotopic (exact) mass is 354 g/mol. The van der Waals surface area contributed by atoms with Gasteiger partial charge >= 0.3 is 5.69 Å². The first-order chi connectivity index (χ1) is 12.6. The van der Waals surface area contributed by atoms with Crippen LogP contribution in [0.25, 0.3) is 17.0 Å². The smallest absolute Gasteiger partial charge is 0.329 e. The van der Waals surface area contributed by atoms with Gasteiger partial charge in [0.1, 0.15) is 12.5 Å². The third-order valence-electron chi connectivity index (χ3n) is 4.59. The van der Waals surface area contributed by atoms with Gasteiger partial charge in [-0.1, -0.05) is 19.1 Å². The number of aromatic nitrogens is 4. The number of para-hydroxylation sites is 2. The molecule has 2 unspecified atom stereocenters. The number of imidazole rings is 1. The predicted octanol–water partition coefficient (Wildman–Crippen LogP) is 2.56. The van der Waals surface area contributed by atoms with Crippen LogP contribution in [0.15, 0.2) is 36.8 Å². The standard InChI is InChI=1S/C17H18N6O3/c1-11-9-26-7-6-12(11)20-16-15(23(24)25)8-18-17(21-16)22-10-19-13-4-2-3-5-14(13)22/h2-5,8,10-12H,6-7,9H2,1H3,(H,18,20,21). The summed E-state index contributed by atoms with van der Waals surface area (Å²) in [5, 5.41) is 14.6. The lowest BCUT2D eigenvalue weighted by molar-refractivity contribution is -0.384. The van der Waals surface area contributed by atoms with Gasteiger partial charge in [-0.05, 0) is 24.5 Å². The normalized spacial score (nSPS) is 20.2. The van der Waals surface area contributed by atoms with Crippen LogP contribution in [0, 0.1) is 16.0 Å². The van der Waals surface area contributed by atoms with Gasteiger partial charge in [0, 0.05) is 12.6 Å². The Labute approximate surface area is 149 Å². The highest BCUT2D eigenvalue weighted by molar-refractivity contribution is 5.76. The summed E-state index contributed by atoms with van der Waals surface area (Å²) in [6.07, 6.45) is 3.63. The molecule has 0 spiro atoms. The molecule has 4 rings (SSSR count). The Morgan fingerprint density at radius 1 is 1.35 bits per heavy atom. The van der Waals surface area contributed by atoms with Crippen molar-refractivity contribution in [2.75, 3.05) is 18.5 Å². The van der Waals surface area contributed by atoms with Gasteiger partial charge in [-0.15, -0.1) is 0 Å². The second kappa shape index (κ2) is 6.68. The van der Waals surface area contributed by atoms with E-state index in [1.54, 1.807) is 10.9 Å². The Bertz CT molecular complexity index is 957. The van der Waals surface area contributed by atoms with E-state index in [1.807, 2.05) is 31.2 Å². The van der Waals surface area contributed by atoms with Gasteiger partial charge in [0.15, 0.2) is 0 Å². The molecule has 1 fully saturated rings. The summed E-state index contributed by atoms with van der Waals surface area (Å²) in [6.45, 7) is 3.30. The number of ether oxygens (including phenoxy) is 1. The molecule has 3 aromatic rings. The summed E-state index contributed by atoms with van der Waals surface area (Å²) in [5.41, 5.74) is 1.51. The van der Waals surface area contributed by atoms with Crippen molar-refractivity contribution in [3.05, 3.63) is 46.9 Å². The number of nitrogens with one attached hydrogen (secondary N) is 1. The molecule has 9 nitrogen and oxygen atoms in total. The number of hydrogen-bond acceptors (Lipinski definition) is 7. The van der Waals surface area contributed by atoms with Crippen LogP contribution in [0.3, 0.4) is 0 Å². The van der Waals surface area contributed by atoms with Gasteiger partial charge in [0.05, 0.1) is 22.6 Å². The third-order valence-corrected chi connectivity index (χ3v) is 4.59. The minimum atomic E-state index is -0.470. The molecule has 2 atom stereocenters. The highest BCUT2D eigenvalue weighted by atomic mass is 16.6. The summed E-state index contributed by atoms with van der Waals surface area (Å²) < 4.78 is 7.16. The number of hydrogen-bond donors (Lipinski definition) is 1. The molecule has 0 aliphatic carbocycles. The molecule has 0 radical (unpaired) electrons. The molecule has 1 aliphatic rings. The quantitative estimate of drug-likeness (QED) is 0.566. The first kappa shape index (κ1) is 16.4. The average Bonchev–Trinajstić information content (AvgIpc) is 3.07. The lowest BCUT2D eigenvalue weighted by Gasteiger charge is -2.29. The maximum atomic E-state index is 11.4. The van der Waals surface area contributed by atoms with Crippen LogP contribution in [0.1, 0.15) is 13.3 Å². The van der Waals surface area contributed by atoms with Crippen LogP contribution in [0.5, 0.6) is 0 Å². The molecular formula is C17H18N6O3. The summed E-state index contributed by atoms with van der Waals surface area (Å²) in [6, 6.07) is 7.65. The second-order valence-electron chi connectivity index (χ2n) is 6.36. The lowest BCUT2D eigenvalue weighted by Crippen LogP contribution is -2.36. The van der Waals surface area contributed by atoms with Crippen molar-refractivity contribution in [3.63, 3.8) is 0 Å². The van der Waals surface area contributed by atoms with E-state index in [2.05, 4.69) is 20.3 Å². The Morgan fingerprint density at radius 3 is 3.00 bits per heavy atom. The van der Waals surface area contributed by atoms with E-state index in [1.165, 1.54) is 6.20 Å². The van der Waals surface area contributed by atoms with Gasteiger partial charge in [0.25, 0.3) is 0 Å². The molecule has 9 heteroatoms. The zero-order valence-electron chi connectivity index (χ0n) is 14.2. The molecule has 0 saturated carbocycles. The average molecular weight is 354 g/mol. The Balaban J connectivity index is 1.74. The number of benzene rings is 1. The highest BCUT2D eigenvalue weighted by Gasteiger charge is 2.26. The zero-order valence-corrected chi connectivity index (χ0v) is 14.2. The molecule has 0 bridgehead atoms. The minimum absolute atomic E-state index is 0.0599. The Hall–Kier alpha value is -3.07. The molecule has 134 valence electrons. The second-order valence-corrected chi connectivity index (χ2v) is 6.36. The summed E-state index contributed by atoms with van der Waals surface area (Å²) in [4.78, 5) is 23.9. The summed E-state index contributed by atoms with van der Waals surface area (Å²) in [5.74, 6) is 0.791. The van der Waals surface area contributed by atoms with Crippen LogP contribution in [0.4, 0.5) is 11.5 Å². The fourth-order valence-corrected chi connectivity index (χ4v) is 3.11. The summed E-state index contributed by atoms with van der Waals surface area (Å²) in [7, 11) is 0. The van der Waals surface area contributed by atoms with E-state index in [-0.39, 0.29) is 23.5 Å². The van der Waals surface area contributed by atoms with Gasteiger partial charge in [-0.25, -0.2) is 9.97 Å². The fraction of sp³-hybridized carbons (Fsp3) is 0.353. The molecule has 2 aromatic heterocycles. The van der Waals surface area contributed by atoms with Crippen molar-refractivity contribution in [2.45, 2.75) is 19.4 Å². The lowest BCUT2D eigenvalue weighted by atomic mass is 9.98. The van der Waals surface area contributed by atoms with Gasteiger partial charge in [-0.2, -0.15) is 4.98 Å². The van der Waals surface area contributed by atoms with Crippen LogP contribution < -0.4 is 5.32 Å². The molecule has 26 heavy (non-hydrogen) atoms. The van der Waals surface area contributed by atoms with E-state index < -0.39 is 4.92 Å².